The van der Waals surface area contributed by atoms with E-state index in [-0.39, 0.29) is 4.34 Å². The first kappa shape index (κ1) is 8.61. The lowest BCUT2D eigenvalue weighted by Gasteiger charge is -1.85. The molecule has 0 fully saturated rings. The van der Waals surface area contributed by atoms with E-state index in [0.717, 1.165) is 17.8 Å². The Labute approximate surface area is 69.4 Å². The summed E-state index contributed by atoms with van der Waals surface area (Å²) in [6.45, 7) is 1.88. The molecular weight excluding hydrogens is 184 g/mol. The lowest BCUT2D eigenvalue weighted by molar-refractivity contribution is 0.600. The second-order valence-corrected chi connectivity index (χ2v) is 5.04. The van der Waals surface area contributed by atoms with Crippen LogP contribution in [0.15, 0.2) is 4.34 Å². The van der Waals surface area contributed by atoms with Crippen LogP contribution >= 0.6 is 11.5 Å². The molecule has 0 aliphatic heterocycles. The van der Waals surface area contributed by atoms with Crippen molar-refractivity contribution in [3.8, 4) is 0 Å². The number of hydrogen-bond donors (Lipinski definition) is 0. The minimum absolute atomic E-state index is 0.106. The van der Waals surface area contributed by atoms with Gasteiger partial charge in [0.1, 0.15) is 5.82 Å². The van der Waals surface area contributed by atoms with Gasteiger partial charge in [-0.2, -0.15) is 4.37 Å². The molecule has 0 N–H and O–H groups in total. The number of aromatic nitrogens is 2. The molecule has 1 aromatic heterocycles. The van der Waals surface area contributed by atoms with Crippen LogP contribution in [0.5, 0.6) is 0 Å². The van der Waals surface area contributed by atoms with E-state index in [4.69, 9.17) is 0 Å². The van der Waals surface area contributed by atoms with Crippen LogP contribution in [0.2, 0.25) is 0 Å². The predicted molar refractivity (Wildman–Crippen MR) is 42.4 cm³/mol. The minimum atomic E-state index is -3.15. The van der Waals surface area contributed by atoms with Crippen molar-refractivity contribution in [2.24, 2.45) is 0 Å². The average Bonchev–Trinajstić information content (AvgIpc) is 2.32. The van der Waals surface area contributed by atoms with Gasteiger partial charge in [0.05, 0.1) is 0 Å². The highest BCUT2D eigenvalue weighted by Crippen LogP contribution is 2.11. The molecule has 1 heterocycles. The van der Waals surface area contributed by atoms with E-state index in [0.29, 0.717) is 12.2 Å². The van der Waals surface area contributed by atoms with E-state index in [9.17, 15) is 8.42 Å². The van der Waals surface area contributed by atoms with Crippen LogP contribution in [0.25, 0.3) is 0 Å². The Balaban J connectivity index is 3.09. The van der Waals surface area contributed by atoms with Crippen LogP contribution in [-0.2, 0) is 16.3 Å². The van der Waals surface area contributed by atoms with E-state index in [1.807, 2.05) is 6.92 Å². The number of rotatable bonds is 2. The van der Waals surface area contributed by atoms with Gasteiger partial charge in [-0.3, -0.25) is 0 Å². The fourth-order valence-electron chi connectivity index (χ4n) is 0.532. The molecule has 0 saturated carbocycles. The zero-order valence-electron chi connectivity index (χ0n) is 6.23. The number of hydrogen-bond acceptors (Lipinski definition) is 5. The van der Waals surface area contributed by atoms with Gasteiger partial charge in [-0.25, -0.2) is 13.4 Å². The van der Waals surface area contributed by atoms with E-state index in [2.05, 4.69) is 9.36 Å². The molecule has 4 nitrogen and oxygen atoms in total. The molecular formula is C5H8N2O2S2. The summed E-state index contributed by atoms with van der Waals surface area (Å²) in [6.07, 6.45) is 1.80. The first-order valence-corrected chi connectivity index (χ1v) is 5.73. The van der Waals surface area contributed by atoms with Gasteiger partial charge in [0.15, 0.2) is 0 Å². The van der Waals surface area contributed by atoms with Crippen molar-refractivity contribution in [2.45, 2.75) is 17.7 Å². The quantitative estimate of drug-likeness (QED) is 0.684. The maximum absolute atomic E-state index is 10.9. The smallest absolute Gasteiger partial charge is 0.221 e. The third-order valence-electron chi connectivity index (χ3n) is 1.08. The third-order valence-corrected chi connectivity index (χ3v) is 3.49. The summed E-state index contributed by atoms with van der Waals surface area (Å²) in [5, 5.41) is 0. The second kappa shape index (κ2) is 2.86. The third kappa shape index (κ3) is 1.97. The molecule has 0 saturated heterocycles. The Hall–Kier alpha value is -0.490. The van der Waals surface area contributed by atoms with Crippen LogP contribution < -0.4 is 0 Å². The molecule has 0 aliphatic carbocycles. The molecule has 0 radical (unpaired) electrons. The van der Waals surface area contributed by atoms with Gasteiger partial charge in [0, 0.05) is 12.7 Å². The molecule has 0 aromatic carbocycles. The summed E-state index contributed by atoms with van der Waals surface area (Å²) in [5.41, 5.74) is 0. The summed E-state index contributed by atoms with van der Waals surface area (Å²) in [7, 11) is -3.15. The molecule has 6 heteroatoms. The summed E-state index contributed by atoms with van der Waals surface area (Å²) >= 11 is 0.932. The Kier molecular flexibility index (Phi) is 2.24. The maximum atomic E-state index is 10.9. The van der Waals surface area contributed by atoms with E-state index in [1.54, 1.807) is 0 Å². The standard InChI is InChI=1S/C5H8N2O2S2/c1-3-4-6-5(10-7-4)11(2,8)9/h3H2,1-2H3. The number of nitrogens with zero attached hydrogens (tertiary/aromatic N) is 2. The monoisotopic (exact) mass is 192 g/mol. The van der Waals surface area contributed by atoms with Gasteiger partial charge in [0.2, 0.25) is 14.2 Å². The largest absolute Gasteiger partial charge is 0.228 e. The fraction of sp³-hybridized carbons (Fsp3) is 0.600. The maximum Gasteiger partial charge on any atom is 0.228 e. The molecule has 0 amide bonds. The molecule has 0 aliphatic rings. The Morgan fingerprint density at radius 2 is 2.18 bits per heavy atom. The summed E-state index contributed by atoms with van der Waals surface area (Å²) in [6, 6.07) is 0. The first-order valence-electron chi connectivity index (χ1n) is 3.06. The van der Waals surface area contributed by atoms with E-state index in [1.165, 1.54) is 0 Å². The van der Waals surface area contributed by atoms with Crippen LogP contribution in [0.1, 0.15) is 12.7 Å². The summed E-state index contributed by atoms with van der Waals surface area (Å²) in [4.78, 5) is 3.82. The molecule has 1 rings (SSSR count). The van der Waals surface area contributed by atoms with Crippen LogP contribution in [-0.4, -0.2) is 24.0 Å². The van der Waals surface area contributed by atoms with Gasteiger partial charge < -0.3 is 0 Å². The average molecular weight is 192 g/mol. The van der Waals surface area contributed by atoms with Crippen molar-refractivity contribution in [3.05, 3.63) is 5.82 Å². The molecule has 1 aromatic rings. The normalized spacial score (nSPS) is 11.8. The zero-order valence-corrected chi connectivity index (χ0v) is 7.87. The molecule has 11 heavy (non-hydrogen) atoms. The van der Waals surface area contributed by atoms with Crippen molar-refractivity contribution >= 4 is 21.4 Å². The van der Waals surface area contributed by atoms with E-state index < -0.39 is 9.84 Å². The topological polar surface area (TPSA) is 59.9 Å². The van der Waals surface area contributed by atoms with Crippen molar-refractivity contribution < 1.29 is 8.42 Å². The van der Waals surface area contributed by atoms with Crippen LogP contribution in [0.4, 0.5) is 0 Å². The summed E-state index contributed by atoms with van der Waals surface area (Å²) < 4.78 is 25.7. The van der Waals surface area contributed by atoms with Gasteiger partial charge in [-0.15, -0.1) is 0 Å². The highest BCUT2D eigenvalue weighted by atomic mass is 32.2. The van der Waals surface area contributed by atoms with Crippen LogP contribution in [0.3, 0.4) is 0 Å². The molecule has 0 unspecified atom stereocenters. The minimum Gasteiger partial charge on any atom is -0.221 e. The molecule has 0 spiro atoms. The van der Waals surface area contributed by atoms with Crippen molar-refractivity contribution in [1.82, 2.24) is 9.36 Å². The first-order chi connectivity index (χ1) is 5.04. The molecule has 62 valence electrons. The number of sulfone groups is 1. The van der Waals surface area contributed by atoms with Crippen molar-refractivity contribution in [1.29, 1.82) is 0 Å². The van der Waals surface area contributed by atoms with Gasteiger partial charge in [0.25, 0.3) is 0 Å². The summed E-state index contributed by atoms with van der Waals surface area (Å²) in [5.74, 6) is 0.593. The van der Waals surface area contributed by atoms with Crippen molar-refractivity contribution in [2.75, 3.05) is 6.26 Å². The Bertz CT molecular complexity index is 341. The Morgan fingerprint density at radius 3 is 2.45 bits per heavy atom. The number of aryl methyl sites for hydroxylation is 1. The Morgan fingerprint density at radius 1 is 1.55 bits per heavy atom. The van der Waals surface area contributed by atoms with Crippen LogP contribution in [0, 0.1) is 0 Å². The SMILES string of the molecule is CCc1nsc(S(C)(=O)=O)n1. The fourth-order valence-corrected chi connectivity index (χ4v) is 1.96. The highest BCUT2D eigenvalue weighted by molar-refractivity contribution is 7.92. The predicted octanol–water partition coefficient (Wildman–Crippen LogP) is 0.504. The lowest BCUT2D eigenvalue weighted by atomic mass is 10.5. The molecule has 0 atom stereocenters. The lowest BCUT2D eigenvalue weighted by Crippen LogP contribution is -1.96. The van der Waals surface area contributed by atoms with Gasteiger partial charge in [-0.05, 0) is 11.5 Å². The second-order valence-electron chi connectivity index (χ2n) is 2.10. The highest BCUT2D eigenvalue weighted by Gasteiger charge is 2.12. The zero-order chi connectivity index (χ0) is 8.48. The van der Waals surface area contributed by atoms with Gasteiger partial charge in [-0.1, -0.05) is 6.92 Å². The van der Waals surface area contributed by atoms with E-state index >= 15 is 0 Å². The van der Waals surface area contributed by atoms with Gasteiger partial charge >= 0.3 is 0 Å². The molecule has 0 bridgehead atoms. The van der Waals surface area contributed by atoms with Crippen molar-refractivity contribution in [3.63, 3.8) is 0 Å².